The Morgan fingerprint density at radius 1 is 1.03 bits per heavy atom. The van der Waals surface area contributed by atoms with Crippen molar-refractivity contribution in [1.29, 1.82) is 0 Å². The van der Waals surface area contributed by atoms with Gasteiger partial charge in [0.15, 0.2) is 0 Å². The molecule has 2 aromatic carbocycles. The number of halogens is 3. The average Bonchev–Trinajstić information content (AvgIpc) is 2.68. The van der Waals surface area contributed by atoms with Crippen LogP contribution in [0.25, 0.3) is 0 Å². The highest BCUT2D eigenvalue weighted by Gasteiger charge is 2.26. The lowest BCUT2D eigenvalue weighted by Crippen LogP contribution is -2.48. The molecule has 2 rings (SSSR count). The second-order valence-electron chi connectivity index (χ2n) is 6.90. The molecule has 0 fully saturated rings. The van der Waals surface area contributed by atoms with Gasteiger partial charge in [0.2, 0.25) is 11.8 Å². The number of nitrogens with zero attached hydrogens (tertiary/aromatic N) is 1. The summed E-state index contributed by atoms with van der Waals surface area (Å²) in [5.41, 5.74) is 1.59. The van der Waals surface area contributed by atoms with Gasteiger partial charge in [-0.2, -0.15) is 0 Å². The maximum absolute atomic E-state index is 13.1. The van der Waals surface area contributed by atoms with Gasteiger partial charge in [-0.25, -0.2) is 0 Å². The van der Waals surface area contributed by atoms with Crippen molar-refractivity contribution < 1.29 is 9.59 Å². The van der Waals surface area contributed by atoms with Gasteiger partial charge in [0.25, 0.3) is 0 Å². The molecule has 0 aliphatic carbocycles. The SMILES string of the molecule is CCCCNC(=O)[C@@H](C)N(Cc1ccc(Cl)c(Cl)c1)C(=O)Cc1cccc(Cl)c1. The summed E-state index contributed by atoms with van der Waals surface area (Å²) in [6.45, 7) is 4.62. The maximum atomic E-state index is 13.1. The van der Waals surface area contributed by atoms with E-state index in [1.165, 1.54) is 0 Å². The van der Waals surface area contributed by atoms with Crippen molar-refractivity contribution in [1.82, 2.24) is 10.2 Å². The number of hydrogen-bond acceptors (Lipinski definition) is 2. The summed E-state index contributed by atoms with van der Waals surface area (Å²) in [6, 6.07) is 11.7. The molecule has 0 spiro atoms. The van der Waals surface area contributed by atoms with Crippen molar-refractivity contribution in [2.45, 2.75) is 45.7 Å². The smallest absolute Gasteiger partial charge is 0.242 e. The third kappa shape index (κ3) is 7.22. The van der Waals surface area contributed by atoms with Gasteiger partial charge in [0.1, 0.15) is 6.04 Å². The second kappa shape index (κ2) is 11.4. The van der Waals surface area contributed by atoms with Crippen LogP contribution < -0.4 is 5.32 Å². The van der Waals surface area contributed by atoms with Gasteiger partial charge in [0, 0.05) is 18.1 Å². The molecule has 0 saturated carbocycles. The number of unbranched alkanes of at least 4 members (excludes halogenated alkanes) is 1. The molecule has 0 aromatic heterocycles. The number of hydrogen-bond donors (Lipinski definition) is 1. The standard InChI is InChI=1S/C22H25Cl3N2O2/c1-3-4-10-26-22(29)15(2)27(14-17-8-9-19(24)20(25)12-17)21(28)13-16-6-5-7-18(23)11-16/h5-9,11-12,15H,3-4,10,13-14H2,1-2H3,(H,26,29)/t15-/m1/s1. The van der Waals surface area contributed by atoms with Crippen LogP contribution in [0.15, 0.2) is 42.5 Å². The molecule has 156 valence electrons. The van der Waals surface area contributed by atoms with E-state index in [1.807, 2.05) is 6.07 Å². The van der Waals surface area contributed by atoms with Crippen LogP contribution in [0.2, 0.25) is 15.1 Å². The van der Waals surface area contributed by atoms with Crippen molar-refractivity contribution in [3.63, 3.8) is 0 Å². The fourth-order valence-electron chi connectivity index (χ4n) is 2.88. The van der Waals surface area contributed by atoms with E-state index in [9.17, 15) is 9.59 Å². The molecule has 0 saturated heterocycles. The molecule has 1 atom stereocenters. The topological polar surface area (TPSA) is 49.4 Å². The van der Waals surface area contributed by atoms with Crippen LogP contribution >= 0.6 is 34.8 Å². The van der Waals surface area contributed by atoms with Crippen molar-refractivity contribution in [3.05, 3.63) is 68.7 Å². The van der Waals surface area contributed by atoms with Gasteiger partial charge in [-0.15, -0.1) is 0 Å². The number of benzene rings is 2. The van der Waals surface area contributed by atoms with E-state index < -0.39 is 6.04 Å². The Labute approximate surface area is 187 Å². The summed E-state index contributed by atoms with van der Waals surface area (Å²) in [5, 5.41) is 4.31. The Morgan fingerprint density at radius 3 is 2.45 bits per heavy atom. The highest BCUT2D eigenvalue weighted by molar-refractivity contribution is 6.42. The quantitative estimate of drug-likeness (QED) is 0.506. The molecule has 29 heavy (non-hydrogen) atoms. The summed E-state index contributed by atoms with van der Waals surface area (Å²) in [4.78, 5) is 27.3. The molecular formula is C22H25Cl3N2O2. The average molecular weight is 456 g/mol. The minimum absolute atomic E-state index is 0.147. The first-order chi connectivity index (χ1) is 13.8. The molecular weight excluding hydrogens is 431 g/mol. The summed E-state index contributed by atoms with van der Waals surface area (Å²) in [6.07, 6.45) is 2.02. The largest absolute Gasteiger partial charge is 0.354 e. The minimum atomic E-state index is -0.631. The lowest BCUT2D eigenvalue weighted by Gasteiger charge is -2.29. The zero-order valence-electron chi connectivity index (χ0n) is 16.6. The zero-order chi connectivity index (χ0) is 21.4. The van der Waals surface area contributed by atoms with Gasteiger partial charge in [0.05, 0.1) is 16.5 Å². The maximum Gasteiger partial charge on any atom is 0.242 e. The van der Waals surface area contributed by atoms with Crippen LogP contribution in [0.5, 0.6) is 0 Å². The Morgan fingerprint density at radius 2 is 1.79 bits per heavy atom. The van der Waals surface area contributed by atoms with Crippen LogP contribution in [-0.2, 0) is 22.6 Å². The van der Waals surface area contributed by atoms with Gasteiger partial charge in [-0.05, 0) is 48.7 Å². The first-order valence-corrected chi connectivity index (χ1v) is 10.7. The number of carbonyl (C=O) groups is 2. The van der Waals surface area contributed by atoms with Gasteiger partial charge < -0.3 is 10.2 Å². The lowest BCUT2D eigenvalue weighted by atomic mass is 10.1. The van der Waals surface area contributed by atoms with Crippen LogP contribution in [0.1, 0.15) is 37.8 Å². The highest BCUT2D eigenvalue weighted by atomic mass is 35.5. The normalized spacial score (nSPS) is 11.8. The van der Waals surface area contributed by atoms with E-state index in [1.54, 1.807) is 48.2 Å². The second-order valence-corrected chi connectivity index (χ2v) is 8.15. The fraction of sp³-hybridized carbons (Fsp3) is 0.364. The third-order valence-corrected chi connectivity index (χ3v) is 5.55. The first kappa shape index (κ1) is 23.5. The fourth-order valence-corrected chi connectivity index (χ4v) is 3.41. The Kier molecular flexibility index (Phi) is 9.28. The Balaban J connectivity index is 2.21. The Hall–Kier alpha value is -1.75. The molecule has 4 nitrogen and oxygen atoms in total. The van der Waals surface area contributed by atoms with E-state index in [-0.39, 0.29) is 24.8 Å². The number of nitrogens with one attached hydrogen (secondary N) is 1. The van der Waals surface area contributed by atoms with Gasteiger partial charge in [-0.3, -0.25) is 9.59 Å². The molecule has 2 amide bonds. The van der Waals surface area contributed by atoms with Gasteiger partial charge >= 0.3 is 0 Å². The molecule has 0 heterocycles. The first-order valence-electron chi connectivity index (χ1n) is 9.57. The molecule has 2 aromatic rings. The summed E-state index contributed by atoms with van der Waals surface area (Å²) >= 11 is 18.2. The molecule has 1 N–H and O–H groups in total. The summed E-state index contributed by atoms with van der Waals surface area (Å²) in [5.74, 6) is -0.352. The predicted octanol–water partition coefficient (Wildman–Crippen LogP) is 5.52. The van der Waals surface area contributed by atoms with Crippen LogP contribution in [0.3, 0.4) is 0 Å². The van der Waals surface area contributed by atoms with E-state index in [0.29, 0.717) is 21.6 Å². The van der Waals surface area contributed by atoms with E-state index in [4.69, 9.17) is 34.8 Å². The van der Waals surface area contributed by atoms with Crippen molar-refractivity contribution in [2.24, 2.45) is 0 Å². The van der Waals surface area contributed by atoms with Crippen molar-refractivity contribution in [2.75, 3.05) is 6.54 Å². The van der Waals surface area contributed by atoms with E-state index in [2.05, 4.69) is 12.2 Å². The van der Waals surface area contributed by atoms with E-state index >= 15 is 0 Å². The molecule has 0 unspecified atom stereocenters. The van der Waals surface area contributed by atoms with Gasteiger partial charge in [-0.1, -0.05) is 66.3 Å². The predicted molar refractivity (Wildman–Crippen MR) is 120 cm³/mol. The Bertz CT molecular complexity index is 858. The molecule has 0 bridgehead atoms. The number of carbonyl (C=O) groups excluding carboxylic acids is 2. The summed E-state index contributed by atoms with van der Waals surface area (Å²) < 4.78 is 0. The molecule has 7 heteroatoms. The third-order valence-electron chi connectivity index (χ3n) is 4.58. The van der Waals surface area contributed by atoms with Crippen molar-refractivity contribution in [3.8, 4) is 0 Å². The monoisotopic (exact) mass is 454 g/mol. The van der Waals surface area contributed by atoms with E-state index in [0.717, 1.165) is 24.0 Å². The highest BCUT2D eigenvalue weighted by Crippen LogP contribution is 2.24. The molecule has 0 radical (unpaired) electrons. The number of rotatable bonds is 9. The van der Waals surface area contributed by atoms with Crippen LogP contribution in [0.4, 0.5) is 0 Å². The zero-order valence-corrected chi connectivity index (χ0v) is 18.8. The number of amides is 2. The van der Waals surface area contributed by atoms with Crippen molar-refractivity contribution >= 4 is 46.6 Å². The van der Waals surface area contributed by atoms with Crippen LogP contribution in [-0.4, -0.2) is 29.3 Å². The lowest BCUT2D eigenvalue weighted by molar-refractivity contribution is -0.140. The molecule has 0 aliphatic rings. The van der Waals surface area contributed by atoms with Crippen LogP contribution in [0, 0.1) is 0 Å². The summed E-state index contributed by atoms with van der Waals surface area (Å²) in [7, 11) is 0. The molecule has 0 aliphatic heterocycles. The minimum Gasteiger partial charge on any atom is -0.354 e.